The molecule has 0 radical (unpaired) electrons. The molecule has 0 saturated carbocycles. The Morgan fingerprint density at radius 3 is 2.46 bits per heavy atom. The molecule has 0 unspecified atom stereocenters. The monoisotopic (exact) mass is 391 g/mol. The highest BCUT2D eigenvalue weighted by atomic mass is 35.5. The van der Waals surface area contributed by atoms with Crippen molar-refractivity contribution >= 4 is 11.6 Å². The highest BCUT2D eigenvalue weighted by Gasteiger charge is 2.20. The summed E-state index contributed by atoms with van der Waals surface area (Å²) >= 11 is 5.99. The first-order valence-electron chi connectivity index (χ1n) is 8.84. The molecule has 1 aromatic heterocycles. The zero-order valence-corrected chi connectivity index (χ0v) is 16.0. The summed E-state index contributed by atoms with van der Waals surface area (Å²) in [7, 11) is 0. The molecule has 4 aromatic rings. The maximum atomic E-state index is 10.6. The summed E-state index contributed by atoms with van der Waals surface area (Å²) in [6.45, 7) is 2.29. The Labute approximate surface area is 168 Å². The number of nitrogens with zero attached hydrogens (tertiary/aromatic N) is 1. The minimum atomic E-state index is 0.0666. The molecule has 0 fully saturated rings. The Balaban J connectivity index is 1.63. The molecule has 0 bridgehead atoms. The fraction of sp³-hybridized carbons (Fsp3) is 0.0870. The van der Waals surface area contributed by atoms with Gasteiger partial charge in [-0.3, -0.25) is 0 Å². The second kappa shape index (κ2) is 7.79. The lowest BCUT2D eigenvalue weighted by atomic mass is 9.99. The highest BCUT2D eigenvalue weighted by molar-refractivity contribution is 6.30. The fourth-order valence-electron chi connectivity index (χ4n) is 3.04. The molecule has 0 amide bonds. The van der Waals surface area contributed by atoms with Crippen molar-refractivity contribution in [1.29, 1.82) is 0 Å². The van der Waals surface area contributed by atoms with Crippen LogP contribution in [0.2, 0.25) is 5.02 Å². The predicted octanol–water partition coefficient (Wildman–Crippen LogP) is 6.26. The number of aryl methyl sites for hydroxylation is 1. The average molecular weight is 392 g/mol. The van der Waals surface area contributed by atoms with E-state index >= 15 is 0 Å². The summed E-state index contributed by atoms with van der Waals surface area (Å²) in [5.74, 6) is 1.15. The van der Waals surface area contributed by atoms with Crippen LogP contribution in [0.3, 0.4) is 0 Å². The molecule has 4 nitrogen and oxygen atoms in total. The topological polar surface area (TPSA) is 55.5 Å². The molecular weight excluding hydrogens is 374 g/mol. The third-order valence-electron chi connectivity index (χ3n) is 4.46. The molecule has 3 aromatic carbocycles. The molecule has 1 N–H and O–H groups in total. The van der Waals surface area contributed by atoms with Crippen molar-refractivity contribution in [2.45, 2.75) is 13.5 Å². The summed E-state index contributed by atoms with van der Waals surface area (Å²) in [5.41, 5.74) is 4.09. The van der Waals surface area contributed by atoms with Crippen molar-refractivity contribution in [1.82, 2.24) is 5.16 Å². The van der Waals surface area contributed by atoms with Crippen LogP contribution in [-0.2, 0) is 6.61 Å². The standard InChI is InChI=1S/C23H18ClNO3/c1-15-22(17-7-9-18(24)10-8-17)23(28-25-15)20-12-11-19(13-21(20)26)27-14-16-5-3-2-4-6-16/h2-13,26H,14H2,1H3. The van der Waals surface area contributed by atoms with Crippen molar-refractivity contribution in [3.05, 3.63) is 89.1 Å². The zero-order chi connectivity index (χ0) is 19.5. The van der Waals surface area contributed by atoms with Gasteiger partial charge in [-0.1, -0.05) is 59.2 Å². The van der Waals surface area contributed by atoms with Crippen LogP contribution in [0.15, 0.2) is 77.3 Å². The van der Waals surface area contributed by atoms with Gasteiger partial charge in [-0.15, -0.1) is 0 Å². The number of phenolic OH excluding ortho intramolecular Hbond substituents is 1. The van der Waals surface area contributed by atoms with Crippen molar-refractivity contribution in [3.63, 3.8) is 0 Å². The number of benzene rings is 3. The second-order valence-electron chi connectivity index (χ2n) is 6.43. The van der Waals surface area contributed by atoms with E-state index in [0.29, 0.717) is 28.7 Å². The molecule has 0 aliphatic rings. The first-order chi connectivity index (χ1) is 13.6. The van der Waals surface area contributed by atoms with E-state index in [2.05, 4.69) is 5.16 Å². The van der Waals surface area contributed by atoms with Crippen LogP contribution in [0.25, 0.3) is 22.5 Å². The Morgan fingerprint density at radius 1 is 1.00 bits per heavy atom. The molecule has 140 valence electrons. The van der Waals surface area contributed by atoms with Gasteiger partial charge in [0.15, 0.2) is 5.76 Å². The number of phenols is 1. The Bertz CT molecular complexity index is 1090. The summed E-state index contributed by atoms with van der Waals surface area (Å²) in [6, 6.07) is 22.5. The predicted molar refractivity (Wildman–Crippen MR) is 110 cm³/mol. The van der Waals surface area contributed by atoms with Gasteiger partial charge >= 0.3 is 0 Å². The van der Waals surface area contributed by atoms with Crippen molar-refractivity contribution < 1.29 is 14.4 Å². The summed E-state index contributed by atoms with van der Waals surface area (Å²) in [6.07, 6.45) is 0. The second-order valence-corrected chi connectivity index (χ2v) is 6.87. The van der Waals surface area contributed by atoms with E-state index in [0.717, 1.165) is 22.4 Å². The van der Waals surface area contributed by atoms with Crippen LogP contribution in [0.1, 0.15) is 11.3 Å². The molecule has 28 heavy (non-hydrogen) atoms. The molecule has 1 heterocycles. The van der Waals surface area contributed by atoms with E-state index in [9.17, 15) is 5.11 Å². The smallest absolute Gasteiger partial charge is 0.178 e. The number of rotatable bonds is 5. The van der Waals surface area contributed by atoms with E-state index in [-0.39, 0.29) is 5.75 Å². The lowest BCUT2D eigenvalue weighted by molar-refractivity contribution is 0.304. The lowest BCUT2D eigenvalue weighted by Gasteiger charge is -2.09. The molecule has 0 aliphatic carbocycles. The lowest BCUT2D eigenvalue weighted by Crippen LogP contribution is -1.95. The molecule has 4 rings (SSSR count). The highest BCUT2D eigenvalue weighted by Crippen LogP contribution is 2.40. The first kappa shape index (κ1) is 18.1. The normalized spacial score (nSPS) is 10.8. The van der Waals surface area contributed by atoms with Gasteiger partial charge in [-0.2, -0.15) is 0 Å². The third-order valence-corrected chi connectivity index (χ3v) is 4.71. The van der Waals surface area contributed by atoms with E-state index in [1.54, 1.807) is 12.1 Å². The van der Waals surface area contributed by atoms with Crippen molar-refractivity contribution in [2.75, 3.05) is 0 Å². The van der Waals surface area contributed by atoms with Gasteiger partial charge in [0.25, 0.3) is 0 Å². The first-order valence-corrected chi connectivity index (χ1v) is 9.22. The van der Waals surface area contributed by atoms with Gasteiger partial charge in [0.2, 0.25) is 0 Å². The van der Waals surface area contributed by atoms with Crippen molar-refractivity contribution in [2.24, 2.45) is 0 Å². The van der Waals surface area contributed by atoms with Gasteiger partial charge in [-0.25, -0.2) is 0 Å². The number of hydrogen-bond donors (Lipinski definition) is 1. The fourth-order valence-corrected chi connectivity index (χ4v) is 3.17. The van der Waals surface area contributed by atoms with Gasteiger partial charge < -0.3 is 14.4 Å². The third kappa shape index (κ3) is 3.73. The molecular formula is C23H18ClNO3. The molecule has 0 atom stereocenters. The number of hydrogen-bond acceptors (Lipinski definition) is 4. The maximum Gasteiger partial charge on any atom is 0.178 e. The molecule has 0 spiro atoms. The zero-order valence-electron chi connectivity index (χ0n) is 15.2. The van der Waals surface area contributed by atoms with Crippen molar-refractivity contribution in [3.8, 4) is 33.9 Å². The number of ether oxygens (including phenoxy) is 1. The number of aromatic hydroxyl groups is 1. The summed E-state index contributed by atoms with van der Waals surface area (Å²) < 4.78 is 11.3. The maximum absolute atomic E-state index is 10.6. The van der Waals surface area contributed by atoms with E-state index in [1.165, 1.54) is 0 Å². The molecule has 0 saturated heterocycles. The van der Waals surface area contributed by atoms with Crippen LogP contribution >= 0.6 is 11.6 Å². The number of halogens is 1. The summed E-state index contributed by atoms with van der Waals surface area (Å²) in [4.78, 5) is 0. The van der Waals surface area contributed by atoms with E-state index in [4.69, 9.17) is 20.9 Å². The molecule has 0 aliphatic heterocycles. The largest absolute Gasteiger partial charge is 0.507 e. The Morgan fingerprint density at radius 2 is 1.75 bits per heavy atom. The van der Waals surface area contributed by atoms with Gasteiger partial charge in [0, 0.05) is 11.1 Å². The van der Waals surface area contributed by atoms with Gasteiger partial charge in [-0.05, 0) is 42.3 Å². The van der Waals surface area contributed by atoms with Crippen LogP contribution in [-0.4, -0.2) is 10.3 Å². The van der Waals surface area contributed by atoms with Crippen LogP contribution < -0.4 is 4.74 Å². The SMILES string of the molecule is Cc1noc(-c2ccc(OCc3ccccc3)cc2O)c1-c1ccc(Cl)cc1. The van der Waals surface area contributed by atoms with E-state index < -0.39 is 0 Å². The average Bonchev–Trinajstić information content (AvgIpc) is 3.09. The van der Waals surface area contributed by atoms with Gasteiger partial charge in [0.1, 0.15) is 18.1 Å². The minimum absolute atomic E-state index is 0.0666. The summed E-state index contributed by atoms with van der Waals surface area (Å²) in [5, 5.41) is 15.3. The van der Waals surface area contributed by atoms with Crippen LogP contribution in [0.5, 0.6) is 11.5 Å². The number of aromatic nitrogens is 1. The van der Waals surface area contributed by atoms with E-state index in [1.807, 2.05) is 67.6 Å². The van der Waals surface area contributed by atoms with Gasteiger partial charge in [0.05, 0.1) is 16.8 Å². The Kier molecular flexibility index (Phi) is 5.04. The Hall–Kier alpha value is -3.24. The van der Waals surface area contributed by atoms with Crippen LogP contribution in [0.4, 0.5) is 0 Å². The quantitative estimate of drug-likeness (QED) is 0.436. The molecule has 5 heteroatoms. The minimum Gasteiger partial charge on any atom is -0.507 e. The van der Waals surface area contributed by atoms with Crippen LogP contribution in [0, 0.1) is 6.92 Å².